The lowest BCUT2D eigenvalue weighted by Crippen LogP contribution is -2.14. The van der Waals surface area contributed by atoms with Crippen LogP contribution in [0.1, 0.15) is 16.7 Å². The lowest BCUT2D eigenvalue weighted by Gasteiger charge is -2.16. The van der Waals surface area contributed by atoms with Gasteiger partial charge in [0.25, 0.3) is 0 Å². The van der Waals surface area contributed by atoms with E-state index in [4.69, 9.17) is 10.2 Å². The monoisotopic (exact) mass is 238 g/mol. The first-order valence-electron chi connectivity index (χ1n) is 4.93. The zero-order valence-electron chi connectivity index (χ0n) is 9.79. The molecule has 6 heteroatoms. The molecule has 0 aromatic heterocycles. The maximum absolute atomic E-state index is 10.6. The summed E-state index contributed by atoms with van der Waals surface area (Å²) in [7, 11) is 0. The van der Waals surface area contributed by atoms with E-state index in [9.17, 15) is 9.59 Å². The van der Waals surface area contributed by atoms with Crippen LogP contribution in [0.25, 0.3) is 0 Å². The molecule has 0 fully saturated rings. The van der Waals surface area contributed by atoms with Gasteiger partial charge in [0, 0.05) is 0 Å². The molecule has 1 aromatic carbocycles. The second-order valence-electron chi connectivity index (χ2n) is 3.75. The fourth-order valence-corrected chi connectivity index (χ4v) is 1.78. The number of nitrogens with one attached hydrogen (secondary N) is 2. The lowest BCUT2D eigenvalue weighted by atomic mass is 10.0. The van der Waals surface area contributed by atoms with Crippen molar-refractivity contribution in [2.75, 3.05) is 10.6 Å². The van der Waals surface area contributed by atoms with E-state index >= 15 is 0 Å². The molecule has 0 aliphatic carbocycles. The van der Waals surface area contributed by atoms with E-state index in [0.717, 1.165) is 11.1 Å². The summed E-state index contributed by atoms with van der Waals surface area (Å²) in [6.45, 7) is 5.18. The van der Waals surface area contributed by atoms with Crippen molar-refractivity contribution in [1.82, 2.24) is 0 Å². The summed E-state index contributed by atoms with van der Waals surface area (Å²) in [4.78, 5) is 21.3. The van der Waals surface area contributed by atoms with Crippen LogP contribution in [0, 0.1) is 20.8 Å². The average Bonchev–Trinajstić information content (AvgIpc) is 2.18. The number of carbonyl (C=O) groups is 2. The number of amides is 2. The molecule has 0 spiro atoms. The number of aryl methyl sites for hydroxylation is 2. The lowest BCUT2D eigenvalue weighted by molar-refractivity contribution is 0.208. The van der Waals surface area contributed by atoms with Crippen LogP contribution in [0.2, 0.25) is 0 Å². The van der Waals surface area contributed by atoms with E-state index in [1.165, 1.54) is 0 Å². The first kappa shape index (κ1) is 12.8. The van der Waals surface area contributed by atoms with Gasteiger partial charge in [-0.3, -0.25) is 10.6 Å². The third-order valence-electron chi connectivity index (χ3n) is 2.44. The predicted octanol–water partition coefficient (Wildman–Crippen LogP) is 2.79. The first-order chi connectivity index (χ1) is 7.82. The van der Waals surface area contributed by atoms with Gasteiger partial charge in [-0.15, -0.1) is 0 Å². The normalized spacial score (nSPS) is 9.82. The highest BCUT2D eigenvalue weighted by molar-refractivity contribution is 5.91. The van der Waals surface area contributed by atoms with Gasteiger partial charge < -0.3 is 10.2 Å². The molecule has 92 valence electrons. The highest BCUT2D eigenvalue weighted by Crippen LogP contribution is 2.30. The molecule has 0 bridgehead atoms. The predicted molar refractivity (Wildman–Crippen MR) is 63.9 cm³/mol. The number of benzene rings is 1. The van der Waals surface area contributed by atoms with Crippen LogP contribution in [-0.2, 0) is 0 Å². The van der Waals surface area contributed by atoms with Crippen LogP contribution in [0.3, 0.4) is 0 Å². The molecule has 0 saturated carbocycles. The van der Waals surface area contributed by atoms with Crippen LogP contribution in [0.15, 0.2) is 6.07 Å². The maximum atomic E-state index is 10.6. The Kier molecular flexibility index (Phi) is 3.57. The number of carboxylic acid groups (broad SMARTS) is 2. The molecule has 0 heterocycles. The molecule has 0 aliphatic rings. The third-order valence-corrected chi connectivity index (χ3v) is 2.44. The highest BCUT2D eigenvalue weighted by Gasteiger charge is 2.14. The summed E-state index contributed by atoms with van der Waals surface area (Å²) < 4.78 is 0. The van der Waals surface area contributed by atoms with Crippen molar-refractivity contribution in [2.45, 2.75) is 20.8 Å². The summed E-state index contributed by atoms with van der Waals surface area (Å²) in [5, 5.41) is 22.0. The van der Waals surface area contributed by atoms with Gasteiger partial charge in [0.15, 0.2) is 0 Å². The van der Waals surface area contributed by atoms with Gasteiger partial charge in [-0.1, -0.05) is 6.07 Å². The summed E-state index contributed by atoms with van der Waals surface area (Å²) in [5.41, 5.74) is 2.88. The van der Waals surface area contributed by atoms with Crippen LogP contribution >= 0.6 is 0 Å². The van der Waals surface area contributed by atoms with E-state index in [0.29, 0.717) is 16.9 Å². The van der Waals surface area contributed by atoms with Crippen molar-refractivity contribution in [3.63, 3.8) is 0 Å². The van der Waals surface area contributed by atoms with Crippen LogP contribution < -0.4 is 10.6 Å². The molecule has 1 aromatic rings. The van der Waals surface area contributed by atoms with Crippen molar-refractivity contribution in [3.8, 4) is 0 Å². The maximum Gasteiger partial charge on any atom is 0.409 e. The van der Waals surface area contributed by atoms with Crippen LogP contribution in [0.5, 0.6) is 0 Å². The minimum absolute atomic E-state index is 0.409. The van der Waals surface area contributed by atoms with E-state index in [1.54, 1.807) is 26.8 Å². The molecule has 0 aliphatic heterocycles. The van der Waals surface area contributed by atoms with Gasteiger partial charge >= 0.3 is 12.2 Å². The number of hydrogen-bond acceptors (Lipinski definition) is 2. The smallest absolute Gasteiger partial charge is 0.409 e. The quantitative estimate of drug-likeness (QED) is 0.636. The molecule has 2 amide bonds. The average molecular weight is 238 g/mol. The summed E-state index contributed by atoms with van der Waals surface area (Å²) in [5.74, 6) is 0. The Morgan fingerprint density at radius 1 is 0.941 bits per heavy atom. The fourth-order valence-electron chi connectivity index (χ4n) is 1.78. The second kappa shape index (κ2) is 4.73. The summed E-state index contributed by atoms with van der Waals surface area (Å²) >= 11 is 0. The molecule has 0 saturated heterocycles. The van der Waals surface area contributed by atoms with Gasteiger partial charge in [0.2, 0.25) is 0 Å². The Bertz CT molecular complexity index is 443. The Morgan fingerprint density at radius 2 is 1.29 bits per heavy atom. The molecule has 0 radical (unpaired) electrons. The molecule has 0 unspecified atom stereocenters. The van der Waals surface area contributed by atoms with Crippen LogP contribution in [-0.4, -0.2) is 22.4 Å². The van der Waals surface area contributed by atoms with Crippen molar-refractivity contribution >= 4 is 23.6 Å². The van der Waals surface area contributed by atoms with Gasteiger partial charge in [-0.05, 0) is 37.5 Å². The topological polar surface area (TPSA) is 98.7 Å². The van der Waals surface area contributed by atoms with Crippen molar-refractivity contribution < 1.29 is 19.8 Å². The molecule has 17 heavy (non-hydrogen) atoms. The van der Waals surface area contributed by atoms with Gasteiger partial charge in [0.1, 0.15) is 0 Å². The van der Waals surface area contributed by atoms with Crippen molar-refractivity contribution in [1.29, 1.82) is 0 Å². The first-order valence-corrected chi connectivity index (χ1v) is 4.93. The fraction of sp³-hybridized carbons (Fsp3) is 0.273. The number of anilines is 2. The van der Waals surface area contributed by atoms with Crippen LogP contribution in [0.4, 0.5) is 21.0 Å². The molecule has 1 rings (SSSR count). The molecular weight excluding hydrogens is 224 g/mol. The Hall–Kier alpha value is -2.24. The summed E-state index contributed by atoms with van der Waals surface area (Å²) in [6, 6.07) is 1.73. The van der Waals surface area contributed by atoms with Crippen molar-refractivity contribution in [2.24, 2.45) is 0 Å². The minimum atomic E-state index is -1.18. The molecule has 0 atom stereocenters. The highest BCUT2D eigenvalue weighted by atomic mass is 16.4. The number of hydrogen-bond donors (Lipinski definition) is 4. The third kappa shape index (κ3) is 2.87. The summed E-state index contributed by atoms with van der Waals surface area (Å²) in [6.07, 6.45) is -2.36. The van der Waals surface area contributed by atoms with E-state index in [1.807, 2.05) is 0 Å². The van der Waals surface area contributed by atoms with E-state index in [2.05, 4.69) is 10.6 Å². The SMILES string of the molecule is Cc1cc(C)c(NC(=O)O)c(C)c1NC(=O)O. The van der Waals surface area contributed by atoms with Gasteiger partial charge in [0.05, 0.1) is 11.4 Å². The molecular formula is C11H14N2O4. The van der Waals surface area contributed by atoms with Gasteiger partial charge in [-0.2, -0.15) is 0 Å². The zero-order valence-corrected chi connectivity index (χ0v) is 9.79. The Balaban J connectivity index is 3.31. The van der Waals surface area contributed by atoms with E-state index < -0.39 is 12.2 Å². The van der Waals surface area contributed by atoms with Crippen molar-refractivity contribution in [3.05, 3.63) is 22.8 Å². The van der Waals surface area contributed by atoms with E-state index in [-0.39, 0.29) is 0 Å². The zero-order chi connectivity index (χ0) is 13.2. The number of rotatable bonds is 2. The molecule has 4 N–H and O–H groups in total. The largest absolute Gasteiger partial charge is 0.465 e. The minimum Gasteiger partial charge on any atom is -0.465 e. The van der Waals surface area contributed by atoms with Gasteiger partial charge in [-0.25, -0.2) is 9.59 Å². The molecule has 6 nitrogen and oxygen atoms in total. The Morgan fingerprint density at radius 3 is 1.59 bits per heavy atom. The second-order valence-corrected chi connectivity index (χ2v) is 3.75. The standard InChI is InChI=1S/C11H14N2O4/c1-5-4-6(2)9(13-11(16)17)7(3)8(5)12-10(14)15/h4,12-13H,1-3H3,(H,14,15)(H,16,17). The Labute approximate surface area is 98.3 Å².